The van der Waals surface area contributed by atoms with Gasteiger partial charge in [-0.25, -0.2) is 5.43 Å². The summed E-state index contributed by atoms with van der Waals surface area (Å²) in [5, 5.41) is 4.71. The average Bonchev–Trinajstić information content (AvgIpc) is 2.67. The molecular formula is C20H19N3O3. The van der Waals surface area contributed by atoms with Crippen molar-refractivity contribution in [3.63, 3.8) is 0 Å². The van der Waals surface area contributed by atoms with Gasteiger partial charge in [-0.1, -0.05) is 37.3 Å². The van der Waals surface area contributed by atoms with Gasteiger partial charge in [-0.3, -0.25) is 9.59 Å². The van der Waals surface area contributed by atoms with Crippen molar-refractivity contribution in [3.8, 4) is 5.75 Å². The van der Waals surface area contributed by atoms with E-state index in [2.05, 4.69) is 22.4 Å². The number of nitrogens with one attached hydrogen (secondary N) is 2. The number of pyridine rings is 1. The van der Waals surface area contributed by atoms with Crippen LogP contribution in [0, 0.1) is 0 Å². The van der Waals surface area contributed by atoms with E-state index in [9.17, 15) is 9.59 Å². The molecule has 0 saturated carbocycles. The Balaban J connectivity index is 1.56. The third-order valence-corrected chi connectivity index (χ3v) is 3.88. The van der Waals surface area contributed by atoms with Crippen LogP contribution in [-0.4, -0.2) is 23.7 Å². The number of hydrazone groups is 1. The van der Waals surface area contributed by atoms with E-state index >= 15 is 0 Å². The molecule has 2 aromatic carbocycles. The standard InChI is InChI=1S/C20H19N3O3/c1-2-14-7-9-17(10-8-14)26-13-19(24)23-21-12-16-11-15-5-3-4-6-18(15)22-20(16)25/h3-12H,2,13H2,1H3,(H,22,25)(H,23,24)/b21-12+. The Morgan fingerprint density at radius 1 is 1.19 bits per heavy atom. The molecule has 0 bridgehead atoms. The van der Waals surface area contributed by atoms with Gasteiger partial charge in [0.25, 0.3) is 11.5 Å². The van der Waals surface area contributed by atoms with Crippen LogP contribution in [0.3, 0.4) is 0 Å². The lowest BCUT2D eigenvalue weighted by atomic mass is 10.2. The highest BCUT2D eigenvalue weighted by Crippen LogP contribution is 2.12. The van der Waals surface area contributed by atoms with Crippen LogP contribution in [0.4, 0.5) is 0 Å². The van der Waals surface area contributed by atoms with Gasteiger partial charge in [0.15, 0.2) is 6.61 Å². The van der Waals surface area contributed by atoms with Gasteiger partial charge in [0, 0.05) is 5.52 Å². The van der Waals surface area contributed by atoms with Crippen molar-refractivity contribution in [2.24, 2.45) is 5.10 Å². The van der Waals surface area contributed by atoms with Crippen molar-refractivity contribution in [2.75, 3.05) is 6.61 Å². The molecule has 6 heteroatoms. The van der Waals surface area contributed by atoms with Crippen molar-refractivity contribution in [3.05, 3.63) is 76.1 Å². The molecule has 26 heavy (non-hydrogen) atoms. The van der Waals surface area contributed by atoms with Crippen molar-refractivity contribution < 1.29 is 9.53 Å². The fourth-order valence-corrected chi connectivity index (χ4v) is 2.44. The average molecular weight is 349 g/mol. The van der Waals surface area contributed by atoms with Crippen molar-refractivity contribution in [1.82, 2.24) is 10.4 Å². The maximum atomic E-state index is 12.0. The van der Waals surface area contributed by atoms with Crippen LogP contribution < -0.4 is 15.7 Å². The molecule has 0 radical (unpaired) electrons. The molecule has 1 heterocycles. The van der Waals surface area contributed by atoms with Crippen LogP contribution in [-0.2, 0) is 11.2 Å². The van der Waals surface area contributed by atoms with E-state index < -0.39 is 5.91 Å². The minimum Gasteiger partial charge on any atom is -0.484 e. The van der Waals surface area contributed by atoms with Crippen molar-refractivity contribution in [2.45, 2.75) is 13.3 Å². The molecule has 0 unspecified atom stereocenters. The lowest BCUT2D eigenvalue weighted by molar-refractivity contribution is -0.123. The topological polar surface area (TPSA) is 83.5 Å². The summed E-state index contributed by atoms with van der Waals surface area (Å²) in [6.45, 7) is 1.92. The lowest BCUT2D eigenvalue weighted by Crippen LogP contribution is -2.25. The third kappa shape index (κ3) is 4.36. The molecule has 0 atom stereocenters. The smallest absolute Gasteiger partial charge is 0.277 e. The number of amides is 1. The maximum absolute atomic E-state index is 12.0. The molecule has 132 valence electrons. The predicted molar refractivity (Wildman–Crippen MR) is 102 cm³/mol. The summed E-state index contributed by atoms with van der Waals surface area (Å²) < 4.78 is 5.40. The van der Waals surface area contributed by atoms with E-state index in [1.165, 1.54) is 11.8 Å². The molecule has 3 aromatic rings. The van der Waals surface area contributed by atoms with Gasteiger partial charge in [-0.15, -0.1) is 0 Å². The quantitative estimate of drug-likeness (QED) is 0.530. The van der Waals surface area contributed by atoms with Gasteiger partial charge < -0.3 is 9.72 Å². The normalized spacial score (nSPS) is 11.0. The van der Waals surface area contributed by atoms with E-state index in [1.807, 2.05) is 48.5 Å². The van der Waals surface area contributed by atoms with Crippen LogP contribution in [0.15, 0.2) is 64.5 Å². The molecule has 1 aromatic heterocycles. The number of H-pyrrole nitrogens is 1. The second kappa shape index (κ2) is 8.11. The summed E-state index contributed by atoms with van der Waals surface area (Å²) in [6.07, 6.45) is 2.27. The monoisotopic (exact) mass is 349 g/mol. The number of aromatic nitrogens is 1. The van der Waals surface area contributed by atoms with Crippen molar-refractivity contribution in [1.29, 1.82) is 0 Å². The molecule has 6 nitrogen and oxygen atoms in total. The number of hydrogen-bond acceptors (Lipinski definition) is 4. The van der Waals surface area contributed by atoms with E-state index in [0.717, 1.165) is 17.3 Å². The van der Waals surface area contributed by atoms with Gasteiger partial charge in [0.1, 0.15) is 5.75 Å². The Hall–Kier alpha value is -3.41. The molecule has 2 N–H and O–H groups in total. The molecule has 1 amide bonds. The van der Waals surface area contributed by atoms with Crippen LogP contribution in [0.5, 0.6) is 5.75 Å². The molecule has 3 rings (SSSR count). The summed E-state index contributed by atoms with van der Waals surface area (Å²) in [5.41, 5.74) is 4.40. The summed E-state index contributed by atoms with van der Waals surface area (Å²) in [4.78, 5) is 26.5. The highest BCUT2D eigenvalue weighted by molar-refractivity contribution is 5.88. The Kier molecular flexibility index (Phi) is 5.43. The Labute approximate surface area is 150 Å². The largest absolute Gasteiger partial charge is 0.484 e. The summed E-state index contributed by atoms with van der Waals surface area (Å²) in [7, 11) is 0. The summed E-state index contributed by atoms with van der Waals surface area (Å²) in [5.74, 6) is 0.213. The van der Waals surface area contributed by atoms with Gasteiger partial charge in [0.2, 0.25) is 0 Å². The minimum absolute atomic E-state index is 0.156. The highest BCUT2D eigenvalue weighted by atomic mass is 16.5. The number of aryl methyl sites for hydroxylation is 1. The Morgan fingerprint density at radius 3 is 2.73 bits per heavy atom. The van der Waals surface area contributed by atoms with E-state index in [4.69, 9.17) is 4.74 Å². The number of hydrogen-bond donors (Lipinski definition) is 2. The SMILES string of the molecule is CCc1ccc(OCC(=O)N/N=C/c2cc3ccccc3[nH]c2=O)cc1. The number of para-hydroxylation sites is 1. The van der Waals surface area contributed by atoms with Crippen LogP contribution >= 0.6 is 0 Å². The van der Waals surface area contributed by atoms with Gasteiger partial charge in [-0.2, -0.15) is 5.10 Å². The van der Waals surface area contributed by atoms with Crippen LogP contribution in [0.2, 0.25) is 0 Å². The van der Waals surface area contributed by atoms with E-state index in [1.54, 1.807) is 6.07 Å². The summed E-state index contributed by atoms with van der Waals surface area (Å²) >= 11 is 0. The van der Waals surface area contributed by atoms with Crippen LogP contribution in [0.1, 0.15) is 18.1 Å². The first-order valence-electron chi connectivity index (χ1n) is 8.31. The van der Waals surface area contributed by atoms with Crippen molar-refractivity contribution >= 4 is 23.0 Å². The molecule has 0 spiro atoms. The molecule has 0 aliphatic carbocycles. The second-order valence-electron chi connectivity index (χ2n) is 5.72. The fraction of sp³-hybridized carbons (Fsp3) is 0.150. The fourth-order valence-electron chi connectivity index (χ4n) is 2.44. The Morgan fingerprint density at radius 2 is 1.96 bits per heavy atom. The van der Waals surface area contributed by atoms with Gasteiger partial charge >= 0.3 is 0 Å². The number of carbonyl (C=O) groups excluding carboxylic acids is 1. The number of ether oxygens (including phenoxy) is 1. The first-order chi connectivity index (χ1) is 12.7. The third-order valence-electron chi connectivity index (χ3n) is 3.88. The zero-order valence-electron chi connectivity index (χ0n) is 14.4. The van der Waals surface area contributed by atoms with Crippen LogP contribution in [0.25, 0.3) is 10.9 Å². The number of nitrogens with zero attached hydrogens (tertiary/aromatic N) is 1. The first kappa shape index (κ1) is 17.4. The highest BCUT2D eigenvalue weighted by Gasteiger charge is 2.03. The molecule has 0 aliphatic rings. The number of fused-ring (bicyclic) bond motifs is 1. The second-order valence-corrected chi connectivity index (χ2v) is 5.72. The maximum Gasteiger partial charge on any atom is 0.277 e. The molecular weight excluding hydrogens is 330 g/mol. The molecule has 0 fully saturated rings. The zero-order valence-corrected chi connectivity index (χ0v) is 14.4. The number of aromatic amines is 1. The first-order valence-corrected chi connectivity index (χ1v) is 8.31. The Bertz CT molecular complexity index is 991. The van der Waals surface area contributed by atoms with Gasteiger partial charge in [0.05, 0.1) is 11.8 Å². The number of benzene rings is 2. The predicted octanol–water partition coefficient (Wildman–Crippen LogP) is 2.62. The zero-order chi connectivity index (χ0) is 18.4. The molecule has 0 aliphatic heterocycles. The number of carbonyl (C=O) groups is 1. The lowest BCUT2D eigenvalue weighted by Gasteiger charge is -2.05. The van der Waals surface area contributed by atoms with E-state index in [0.29, 0.717) is 11.3 Å². The minimum atomic E-state index is -0.405. The molecule has 0 saturated heterocycles. The van der Waals surface area contributed by atoms with E-state index in [-0.39, 0.29) is 12.2 Å². The van der Waals surface area contributed by atoms with Gasteiger partial charge in [-0.05, 0) is 41.6 Å². The number of rotatable bonds is 6. The summed E-state index contributed by atoms with van der Waals surface area (Å²) in [6, 6.07) is 16.7.